The standard InChI is InChI=1S/C15H19N3OS/c1-9(2)15-18-12(8-20-15)7-17-11-4-5-13(14(16)19)10(3)6-11/h4-6,8-9,17H,7H2,1-3H3,(H2,16,19). The minimum Gasteiger partial charge on any atom is -0.379 e. The molecular weight excluding hydrogens is 270 g/mol. The zero-order valence-electron chi connectivity index (χ0n) is 11.9. The summed E-state index contributed by atoms with van der Waals surface area (Å²) in [5.41, 5.74) is 8.73. The predicted molar refractivity (Wildman–Crippen MR) is 83.2 cm³/mol. The quantitative estimate of drug-likeness (QED) is 0.887. The van der Waals surface area contributed by atoms with E-state index in [0.29, 0.717) is 18.0 Å². The summed E-state index contributed by atoms with van der Waals surface area (Å²) in [6.45, 7) is 6.84. The first-order chi connectivity index (χ1) is 9.47. The number of aryl methyl sites for hydroxylation is 1. The maximum Gasteiger partial charge on any atom is 0.248 e. The van der Waals surface area contributed by atoms with E-state index < -0.39 is 5.91 Å². The van der Waals surface area contributed by atoms with Crippen molar-refractivity contribution < 1.29 is 4.79 Å². The first kappa shape index (κ1) is 14.5. The minimum atomic E-state index is -0.393. The highest BCUT2D eigenvalue weighted by Crippen LogP contribution is 2.20. The van der Waals surface area contributed by atoms with Crippen molar-refractivity contribution in [2.45, 2.75) is 33.2 Å². The Morgan fingerprint density at radius 1 is 1.45 bits per heavy atom. The summed E-state index contributed by atoms with van der Waals surface area (Å²) < 4.78 is 0. The summed E-state index contributed by atoms with van der Waals surface area (Å²) in [6, 6.07) is 5.54. The van der Waals surface area contributed by atoms with Crippen LogP contribution in [0.2, 0.25) is 0 Å². The number of carbonyl (C=O) groups is 1. The highest BCUT2D eigenvalue weighted by Gasteiger charge is 2.07. The van der Waals surface area contributed by atoms with Crippen LogP contribution in [0, 0.1) is 6.92 Å². The lowest BCUT2D eigenvalue weighted by molar-refractivity contribution is 0.1000. The lowest BCUT2D eigenvalue weighted by Gasteiger charge is -2.08. The van der Waals surface area contributed by atoms with Crippen molar-refractivity contribution in [3.8, 4) is 0 Å². The fourth-order valence-corrected chi connectivity index (χ4v) is 2.75. The minimum absolute atomic E-state index is 0.393. The topological polar surface area (TPSA) is 68.0 Å². The van der Waals surface area contributed by atoms with Gasteiger partial charge in [-0.15, -0.1) is 11.3 Å². The maximum atomic E-state index is 11.2. The third-order valence-electron chi connectivity index (χ3n) is 3.03. The van der Waals surface area contributed by atoms with Crippen molar-refractivity contribution in [2.75, 3.05) is 5.32 Å². The van der Waals surface area contributed by atoms with Crippen LogP contribution in [0.1, 0.15) is 46.4 Å². The lowest BCUT2D eigenvalue weighted by atomic mass is 10.1. The van der Waals surface area contributed by atoms with Crippen molar-refractivity contribution in [1.29, 1.82) is 0 Å². The van der Waals surface area contributed by atoms with Gasteiger partial charge in [0.25, 0.3) is 0 Å². The predicted octanol–water partition coefficient (Wildman–Crippen LogP) is 3.29. The van der Waals surface area contributed by atoms with Crippen LogP contribution in [-0.2, 0) is 6.54 Å². The number of nitrogens with zero attached hydrogens (tertiary/aromatic N) is 1. The molecule has 20 heavy (non-hydrogen) atoms. The van der Waals surface area contributed by atoms with E-state index in [1.54, 1.807) is 17.4 Å². The molecule has 5 heteroatoms. The average molecular weight is 289 g/mol. The monoisotopic (exact) mass is 289 g/mol. The number of thiazole rings is 1. The number of primary amides is 1. The number of rotatable bonds is 5. The first-order valence-electron chi connectivity index (χ1n) is 6.56. The Kier molecular flexibility index (Phi) is 4.39. The van der Waals surface area contributed by atoms with Crippen LogP contribution < -0.4 is 11.1 Å². The molecule has 1 aromatic heterocycles. The van der Waals surface area contributed by atoms with E-state index in [0.717, 1.165) is 22.0 Å². The molecule has 106 valence electrons. The van der Waals surface area contributed by atoms with Crippen LogP contribution in [0.4, 0.5) is 5.69 Å². The van der Waals surface area contributed by atoms with E-state index >= 15 is 0 Å². The second-order valence-electron chi connectivity index (χ2n) is 5.08. The Balaban J connectivity index is 2.03. The van der Waals surface area contributed by atoms with E-state index in [1.807, 2.05) is 19.1 Å². The number of carbonyl (C=O) groups excluding carboxylic acids is 1. The number of anilines is 1. The maximum absolute atomic E-state index is 11.2. The van der Waals surface area contributed by atoms with E-state index in [2.05, 4.69) is 29.5 Å². The Bertz CT molecular complexity index is 619. The zero-order chi connectivity index (χ0) is 14.7. The number of aromatic nitrogens is 1. The van der Waals surface area contributed by atoms with Crippen molar-refractivity contribution in [3.05, 3.63) is 45.4 Å². The second kappa shape index (κ2) is 6.05. The van der Waals surface area contributed by atoms with Gasteiger partial charge in [-0.25, -0.2) is 4.98 Å². The van der Waals surface area contributed by atoms with Crippen molar-refractivity contribution in [2.24, 2.45) is 5.73 Å². The number of hydrogen-bond donors (Lipinski definition) is 2. The molecule has 0 bridgehead atoms. The second-order valence-corrected chi connectivity index (χ2v) is 5.97. The van der Waals surface area contributed by atoms with E-state index in [9.17, 15) is 4.79 Å². The Hall–Kier alpha value is -1.88. The van der Waals surface area contributed by atoms with Gasteiger partial charge in [-0.2, -0.15) is 0 Å². The van der Waals surface area contributed by atoms with Crippen molar-refractivity contribution >= 4 is 22.9 Å². The van der Waals surface area contributed by atoms with Crippen LogP contribution in [0.3, 0.4) is 0 Å². The third-order valence-corrected chi connectivity index (χ3v) is 4.22. The zero-order valence-corrected chi connectivity index (χ0v) is 12.8. The number of nitrogens with two attached hydrogens (primary N) is 1. The first-order valence-corrected chi connectivity index (χ1v) is 7.44. The third kappa shape index (κ3) is 3.36. The Morgan fingerprint density at radius 2 is 2.20 bits per heavy atom. The van der Waals surface area contributed by atoms with E-state index in [4.69, 9.17) is 5.73 Å². The highest BCUT2D eigenvalue weighted by atomic mass is 32.1. The van der Waals surface area contributed by atoms with Crippen LogP contribution in [-0.4, -0.2) is 10.9 Å². The van der Waals surface area contributed by atoms with Gasteiger partial charge >= 0.3 is 0 Å². The summed E-state index contributed by atoms with van der Waals surface area (Å²) in [4.78, 5) is 15.7. The molecule has 0 aliphatic carbocycles. The summed E-state index contributed by atoms with van der Waals surface area (Å²) >= 11 is 1.69. The average Bonchev–Trinajstić information content (AvgIpc) is 2.85. The molecule has 0 spiro atoms. The molecule has 0 unspecified atom stereocenters. The van der Waals surface area contributed by atoms with Crippen LogP contribution in [0.15, 0.2) is 23.6 Å². The van der Waals surface area contributed by atoms with E-state index in [1.165, 1.54) is 0 Å². The molecule has 1 aromatic carbocycles. The Morgan fingerprint density at radius 3 is 2.75 bits per heavy atom. The molecule has 1 amide bonds. The number of benzene rings is 1. The summed E-state index contributed by atoms with van der Waals surface area (Å²) in [5, 5.41) is 6.54. The largest absolute Gasteiger partial charge is 0.379 e. The normalized spacial score (nSPS) is 10.8. The van der Waals surface area contributed by atoms with Gasteiger partial charge in [-0.05, 0) is 30.7 Å². The van der Waals surface area contributed by atoms with Gasteiger partial charge in [0, 0.05) is 22.5 Å². The van der Waals surface area contributed by atoms with Gasteiger partial charge in [-0.3, -0.25) is 4.79 Å². The van der Waals surface area contributed by atoms with Gasteiger partial charge in [0.1, 0.15) is 0 Å². The molecule has 2 rings (SSSR count). The number of nitrogens with one attached hydrogen (secondary N) is 1. The van der Waals surface area contributed by atoms with Crippen molar-refractivity contribution in [1.82, 2.24) is 4.98 Å². The number of amides is 1. The fourth-order valence-electron chi connectivity index (χ4n) is 1.91. The van der Waals surface area contributed by atoms with Gasteiger partial charge < -0.3 is 11.1 Å². The molecule has 0 radical (unpaired) electrons. The molecule has 3 N–H and O–H groups in total. The summed E-state index contributed by atoms with van der Waals surface area (Å²) in [5.74, 6) is 0.0703. The molecule has 0 saturated carbocycles. The molecule has 0 aliphatic rings. The molecule has 2 aromatic rings. The smallest absolute Gasteiger partial charge is 0.248 e. The van der Waals surface area contributed by atoms with Gasteiger partial charge in [0.15, 0.2) is 0 Å². The molecule has 1 heterocycles. The lowest BCUT2D eigenvalue weighted by Crippen LogP contribution is -2.12. The van der Waals surface area contributed by atoms with Crippen LogP contribution in [0.25, 0.3) is 0 Å². The van der Waals surface area contributed by atoms with Gasteiger partial charge in [0.2, 0.25) is 5.91 Å². The molecule has 0 saturated heterocycles. The fraction of sp³-hybridized carbons (Fsp3) is 0.333. The van der Waals surface area contributed by atoms with Crippen LogP contribution >= 0.6 is 11.3 Å². The molecule has 0 atom stereocenters. The summed E-state index contributed by atoms with van der Waals surface area (Å²) in [7, 11) is 0. The van der Waals surface area contributed by atoms with Gasteiger partial charge in [0.05, 0.1) is 17.2 Å². The molecule has 0 aliphatic heterocycles. The number of hydrogen-bond acceptors (Lipinski definition) is 4. The van der Waals surface area contributed by atoms with E-state index in [-0.39, 0.29) is 0 Å². The van der Waals surface area contributed by atoms with Gasteiger partial charge in [-0.1, -0.05) is 13.8 Å². The molecule has 0 fully saturated rings. The highest BCUT2D eigenvalue weighted by molar-refractivity contribution is 7.09. The Labute approximate surface area is 123 Å². The summed E-state index contributed by atoms with van der Waals surface area (Å²) in [6.07, 6.45) is 0. The van der Waals surface area contributed by atoms with Crippen LogP contribution in [0.5, 0.6) is 0 Å². The molecular formula is C15H19N3OS. The van der Waals surface area contributed by atoms with Crippen molar-refractivity contribution in [3.63, 3.8) is 0 Å². The SMILES string of the molecule is Cc1cc(NCc2csc(C(C)C)n2)ccc1C(N)=O. The molecule has 4 nitrogen and oxygen atoms in total.